The number of hydrogen-bond acceptors (Lipinski definition) is 6. The van der Waals surface area contributed by atoms with E-state index in [2.05, 4.69) is 32.1 Å². The lowest BCUT2D eigenvalue weighted by atomic mass is 10.0. The summed E-state index contributed by atoms with van der Waals surface area (Å²) < 4.78 is 0. The molecule has 0 radical (unpaired) electrons. The molecular weight excluding hydrogens is 240 g/mol. The quantitative estimate of drug-likeness (QED) is 0.826. The standard InChI is InChI=1S/C13H22N6/c1-3-15-11-4-12(17-13(14)16-11)19-7-9-5-18(2)6-10(9)8-19/h4,9-10H,3,5-8H2,1-2H3,(H3,14,15,16,17). The van der Waals surface area contributed by atoms with Gasteiger partial charge < -0.3 is 20.9 Å². The van der Waals surface area contributed by atoms with Gasteiger partial charge in [-0.25, -0.2) is 0 Å². The van der Waals surface area contributed by atoms with Gasteiger partial charge in [0, 0.05) is 38.8 Å². The molecule has 2 atom stereocenters. The zero-order valence-corrected chi connectivity index (χ0v) is 11.6. The lowest BCUT2D eigenvalue weighted by Gasteiger charge is -2.21. The van der Waals surface area contributed by atoms with E-state index in [9.17, 15) is 0 Å². The van der Waals surface area contributed by atoms with Gasteiger partial charge in [0.2, 0.25) is 5.95 Å². The first kappa shape index (κ1) is 12.5. The van der Waals surface area contributed by atoms with Gasteiger partial charge in [0.25, 0.3) is 0 Å². The molecule has 2 unspecified atom stereocenters. The van der Waals surface area contributed by atoms with Crippen molar-refractivity contribution in [2.75, 3.05) is 55.7 Å². The van der Waals surface area contributed by atoms with Crippen molar-refractivity contribution in [3.05, 3.63) is 6.07 Å². The highest BCUT2D eigenvalue weighted by atomic mass is 15.3. The van der Waals surface area contributed by atoms with Crippen molar-refractivity contribution in [2.24, 2.45) is 11.8 Å². The van der Waals surface area contributed by atoms with Gasteiger partial charge in [-0.1, -0.05) is 0 Å². The highest BCUT2D eigenvalue weighted by molar-refractivity contribution is 5.53. The molecule has 2 saturated heterocycles. The third-order valence-corrected chi connectivity index (χ3v) is 4.08. The van der Waals surface area contributed by atoms with Crippen molar-refractivity contribution in [1.82, 2.24) is 14.9 Å². The van der Waals surface area contributed by atoms with E-state index in [1.54, 1.807) is 0 Å². The number of nitrogens with one attached hydrogen (secondary N) is 1. The number of hydrogen-bond donors (Lipinski definition) is 2. The summed E-state index contributed by atoms with van der Waals surface area (Å²) in [5.74, 6) is 3.66. The van der Waals surface area contributed by atoms with Crippen LogP contribution in [-0.2, 0) is 0 Å². The zero-order chi connectivity index (χ0) is 13.4. The number of nitrogens with two attached hydrogens (primary N) is 1. The Morgan fingerprint density at radius 3 is 2.58 bits per heavy atom. The lowest BCUT2D eigenvalue weighted by molar-refractivity contribution is 0.387. The van der Waals surface area contributed by atoms with Gasteiger partial charge in [0.1, 0.15) is 11.6 Å². The number of anilines is 3. The molecule has 0 spiro atoms. The second-order valence-corrected chi connectivity index (χ2v) is 5.65. The largest absolute Gasteiger partial charge is 0.370 e. The molecule has 0 aromatic carbocycles. The van der Waals surface area contributed by atoms with Crippen LogP contribution in [0.25, 0.3) is 0 Å². The molecule has 1 aromatic rings. The number of aromatic nitrogens is 2. The Labute approximate surface area is 114 Å². The first-order chi connectivity index (χ1) is 9.15. The maximum atomic E-state index is 5.80. The first-order valence-corrected chi connectivity index (χ1v) is 6.97. The second-order valence-electron chi connectivity index (χ2n) is 5.65. The molecule has 6 heteroatoms. The van der Waals surface area contributed by atoms with Crippen LogP contribution < -0.4 is 16.0 Å². The number of nitrogen functional groups attached to an aromatic ring is 1. The zero-order valence-electron chi connectivity index (χ0n) is 11.6. The van der Waals surface area contributed by atoms with Crippen molar-refractivity contribution in [3.63, 3.8) is 0 Å². The highest BCUT2D eigenvalue weighted by Gasteiger charge is 2.39. The molecule has 3 heterocycles. The Kier molecular flexibility index (Phi) is 3.18. The minimum Gasteiger partial charge on any atom is -0.370 e. The van der Waals surface area contributed by atoms with Crippen molar-refractivity contribution < 1.29 is 0 Å². The fourth-order valence-corrected chi connectivity index (χ4v) is 3.30. The SMILES string of the molecule is CCNc1cc(N2CC3CN(C)CC3C2)nc(N)n1. The molecule has 0 aliphatic carbocycles. The molecule has 0 amide bonds. The van der Waals surface area contributed by atoms with E-state index in [-0.39, 0.29) is 0 Å². The van der Waals surface area contributed by atoms with Gasteiger partial charge in [0.05, 0.1) is 0 Å². The summed E-state index contributed by atoms with van der Waals surface area (Å²) in [6.07, 6.45) is 0. The molecule has 2 aliphatic rings. The molecular formula is C13H22N6. The Morgan fingerprint density at radius 1 is 1.26 bits per heavy atom. The fourth-order valence-electron chi connectivity index (χ4n) is 3.30. The van der Waals surface area contributed by atoms with E-state index in [1.807, 2.05) is 13.0 Å². The normalized spacial score (nSPS) is 26.7. The maximum absolute atomic E-state index is 5.80. The number of likely N-dealkylation sites (tertiary alicyclic amines) is 1. The van der Waals surface area contributed by atoms with E-state index in [0.29, 0.717) is 5.95 Å². The van der Waals surface area contributed by atoms with Crippen LogP contribution in [0.5, 0.6) is 0 Å². The first-order valence-electron chi connectivity index (χ1n) is 6.97. The smallest absolute Gasteiger partial charge is 0.223 e. The average Bonchev–Trinajstić information content (AvgIpc) is 2.85. The molecule has 19 heavy (non-hydrogen) atoms. The molecule has 0 saturated carbocycles. The van der Waals surface area contributed by atoms with E-state index in [0.717, 1.165) is 43.1 Å². The summed E-state index contributed by atoms with van der Waals surface area (Å²) in [5, 5.41) is 3.20. The van der Waals surface area contributed by atoms with E-state index in [1.165, 1.54) is 13.1 Å². The van der Waals surface area contributed by atoms with Gasteiger partial charge in [-0.2, -0.15) is 9.97 Å². The van der Waals surface area contributed by atoms with Crippen LogP contribution in [0.4, 0.5) is 17.6 Å². The summed E-state index contributed by atoms with van der Waals surface area (Å²) >= 11 is 0. The second kappa shape index (κ2) is 4.85. The summed E-state index contributed by atoms with van der Waals surface area (Å²) in [7, 11) is 2.20. The molecule has 3 rings (SSSR count). The van der Waals surface area contributed by atoms with Crippen LogP contribution in [0.1, 0.15) is 6.92 Å². The maximum Gasteiger partial charge on any atom is 0.223 e. The Bertz CT molecular complexity index is 448. The van der Waals surface area contributed by atoms with Crippen LogP contribution in [-0.4, -0.2) is 54.6 Å². The topological polar surface area (TPSA) is 70.3 Å². The molecule has 0 bridgehead atoms. The van der Waals surface area contributed by atoms with Gasteiger partial charge >= 0.3 is 0 Å². The van der Waals surface area contributed by atoms with Crippen LogP contribution in [0, 0.1) is 11.8 Å². The summed E-state index contributed by atoms with van der Waals surface area (Å²) in [6.45, 7) is 7.44. The summed E-state index contributed by atoms with van der Waals surface area (Å²) in [6, 6.07) is 2.00. The van der Waals surface area contributed by atoms with E-state index in [4.69, 9.17) is 5.73 Å². The highest BCUT2D eigenvalue weighted by Crippen LogP contribution is 2.33. The summed E-state index contributed by atoms with van der Waals surface area (Å²) in [4.78, 5) is 13.4. The summed E-state index contributed by atoms with van der Waals surface area (Å²) in [5.41, 5.74) is 5.80. The predicted molar refractivity (Wildman–Crippen MR) is 77.3 cm³/mol. The third kappa shape index (κ3) is 2.45. The Morgan fingerprint density at radius 2 is 1.95 bits per heavy atom. The van der Waals surface area contributed by atoms with Crippen molar-refractivity contribution >= 4 is 17.6 Å². The molecule has 6 nitrogen and oxygen atoms in total. The predicted octanol–water partition coefficient (Wildman–Crippen LogP) is 0.488. The van der Waals surface area contributed by atoms with Crippen molar-refractivity contribution in [3.8, 4) is 0 Å². The van der Waals surface area contributed by atoms with Crippen LogP contribution in [0.2, 0.25) is 0 Å². The van der Waals surface area contributed by atoms with Gasteiger partial charge in [-0.05, 0) is 25.8 Å². The number of fused-ring (bicyclic) bond motifs is 1. The van der Waals surface area contributed by atoms with Gasteiger partial charge in [0.15, 0.2) is 0 Å². The molecule has 2 fully saturated rings. The van der Waals surface area contributed by atoms with Crippen LogP contribution in [0.15, 0.2) is 6.07 Å². The van der Waals surface area contributed by atoms with Gasteiger partial charge in [-0.15, -0.1) is 0 Å². The lowest BCUT2D eigenvalue weighted by Crippen LogP contribution is -2.27. The Hall–Kier alpha value is -1.56. The van der Waals surface area contributed by atoms with E-state index >= 15 is 0 Å². The molecule has 3 N–H and O–H groups in total. The minimum atomic E-state index is 0.350. The average molecular weight is 262 g/mol. The van der Waals surface area contributed by atoms with Crippen LogP contribution >= 0.6 is 0 Å². The fraction of sp³-hybridized carbons (Fsp3) is 0.692. The van der Waals surface area contributed by atoms with Crippen LogP contribution in [0.3, 0.4) is 0 Å². The third-order valence-electron chi connectivity index (χ3n) is 4.08. The van der Waals surface area contributed by atoms with Crippen molar-refractivity contribution in [1.29, 1.82) is 0 Å². The van der Waals surface area contributed by atoms with Crippen molar-refractivity contribution in [2.45, 2.75) is 6.92 Å². The minimum absolute atomic E-state index is 0.350. The number of rotatable bonds is 3. The number of nitrogens with zero attached hydrogens (tertiary/aromatic N) is 4. The Balaban J connectivity index is 1.76. The monoisotopic (exact) mass is 262 g/mol. The molecule has 104 valence electrons. The molecule has 1 aromatic heterocycles. The molecule has 2 aliphatic heterocycles. The van der Waals surface area contributed by atoms with E-state index < -0.39 is 0 Å². The van der Waals surface area contributed by atoms with Gasteiger partial charge in [-0.3, -0.25) is 0 Å².